The number of benzene rings is 2. The molecule has 2 N–H and O–H groups in total. The van der Waals surface area contributed by atoms with Gasteiger partial charge in [0.15, 0.2) is 6.10 Å². The Bertz CT molecular complexity index is 952. The number of halogens is 1. The Morgan fingerprint density at radius 1 is 1.19 bits per heavy atom. The maximum absolute atomic E-state index is 14.1. The summed E-state index contributed by atoms with van der Waals surface area (Å²) in [6.45, 7) is 1.68. The molecule has 2 amide bonds. The van der Waals surface area contributed by atoms with Crippen LogP contribution >= 0.6 is 0 Å². The Morgan fingerprint density at radius 3 is 2.56 bits per heavy atom. The van der Waals surface area contributed by atoms with Gasteiger partial charge in [-0.3, -0.25) is 9.59 Å². The Kier molecular flexibility index (Phi) is 7.94. The van der Waals surface area contributed by atoms with Crippen molar-refractivity contribution in [1.82, 2.24) is 10.2 Å². The summed E-state index contributed by atoms with van der Waals surface area (Å²) in [6.07, 6.45) is -0.944. The van der Waals surface area contributed by atoms with Crippen LogP contribution in [0.25, 0.3) is 0 Å². The molecule has 32 heavy (non-hydrogen) atoms. The van der Waals surface area contributed by atoms with Gasteiger partial charge in [0.25, 0.3) is 0 Å². The third kappa shape index (κ3) is 5.70. The van der Waals surface area contributed by atoms with Crippen molar-refractivity contribution in [2.45, 2.75) is 50.9 Å². The first-order valence-corrected chi connectivity index (χ1v) is 10.6. The Labute approximate surface area is 186 Å². The van der Waals surface area contributed by atoms with Crippen molar-refractivity contribution in [1.29, 1.82) is 0 Å². The van der Waals surface area contributed by atoms with Crippen LogP contribution in [-0.2, 0) is 32.1 Å². The lowest BCUT2D eigenvalue weighted by molar-refractivity contribution is -0.155. The highest BCUT2D eigenvalue weighted by Gasteiger charge is 2.38. The number of rotatable bonds is 9. The molecule has 0 aliphatic carbocycles. The average molecular weight is 442 g/mol. The molecular weight excluding hydrogens is 415 g/mol. The lowest BCUT2D eigenvalue weighted by Gasteiger charge is -2.28. The van der Waals surface area contributed by atoms with Gasteiger partial charge in [0.2, 0.25) is 11.8 Å². The van der Waals surface area contributed by atoms with Crippen molar-refractivity contribution in [2.24, 2.45) is 0 Å². The number of aliphatic hydroxyl groups excluding tert-OH is 1. The van der Waals surface area contributed by atoms with Crippen LogP contribution in [0.5, 0.6) is 0 Å². The van der Waals surface area contributed by atoms with Gasteiger partial charge in [-0.2, -0.15) is 0 Å². The molecule has 170 valence electrons. The van der Waals surface area contributed by atoms with Gasteiger partial charge < -0.3 is 20.1 Å². The highest BCUT2D eigenvalue weighted by Crippen LogP contribution is 2.23. The minimum Gasteiger partial charge on any atom is -0.464 e. The standard InChI is InChI=1S/C24H27FN2O5/c1-2-32-24(31)22(29)19(14-16-8-4-3-5-9-16)26-23(30)20-12-13-21(28)27(20)15-17-10-6-7-11-18(17)25/h3-11,19-20,22,29H,2,12-15H2,1H3,(H,26,30). The minimum atomic E-state index is -1.57. The molecule has 3 rings (SSSR count). The van der Waals surface area contributed by atoms with Crippen molar-refractivity contribution in [2.75, 3.05) is 6.61 Å². The van der Waals surface area contributed by atoms with Gasteiger partial charge in [-0.05, 0) is 31.4 Å². The Balaban J connectivity index is 1.76. The molecule has 1 aliphatic heterocycles. The normalized spacial score (nSPS) is 17.7. The SMILES string of the molecule is CCOC(=O)C(O)C(Cc1ccccc1)NC(=O)C1CCC(=O)N1Cc1ccccc1F. The highest BCUT2D eigenvalue weighted by atomic mass is 19.1. The Hall–Kier alpha value is -3.26. The van der Waals surface area contributed by atoms with E-state index in [1.54, 1.807) is 25.1 Å². The van der Waals surface area contributed by atoms with E-state index in [1.165, 1.54) is 11.0 Å². The predicted molar refractivity (Wildman–Crippen MR) is 115 cm³/mol. The first-order valence-electron chi connectivity index (χ1n) is 10.6. The van der Waals surface area contributed by atoms with Crippen molar-refractivity contribution >= 4 is 17.8 Å². The number of carbonyl (C=O) groups is 3. The van der Waals surface area contributed by atoms with E-state index in [1.807, 2.05) is 30.3 Å². The van der Waals surface area contributed by atoms with E-state index in [9.17, 15) is 23.9 Å². The van der Waals surface area contributed by atoms with Crippen LogP contribution in [0, 0.1) is 5.82 Å². The topological polar surface area (TPSA) is 95.9 Å². The summed E-state index contributed by atoms with van der Waals surface area (Å²) in [5.41, 5.74) is 1.12. The van der Waals surface area contributed by atoms with Gasteiger partial charge in [0.05, 0.1) is 12.6 Å². The van der Waals surface area contributed by atoms with E-state index in [0.29, 0.717) is 5.56 Å². The molecule has 0 aromatic heterocycles. The van der Waals surface area contributed by atoms with Crippen LogP contribution < -0.4 is 5.32 Å². The second-order valence-electron chi connectivity index (χ2n) is 7.67. The molecule has 0 saturated carbocycles. The van der Waals surface area contributed by atoms with E-state index in [4.69, 9.17) is 4.74 Å². The highest BCUT2D eigenvalue weighted by molar-refractivity contribution is 5.91. The van der Waals surface area contributed by atoms with Crippen molar-refractivity contribution < 1.29 is 28.6 Å². The van der Waals surface area contributed by atoms with Gasteiger partial charge in [-0.1, -0.05) is 48.5 Å². The van der Waals surface area contributed by atoms with E-state index in [0.717, 1.165) is 5.56 Å². The van der Waals surface area contributed by atoms with Gasteiger partial charge in [-0.25, -0.2) is 9.18 Å². The summed E-state index contributed by atoms with van der Waals surface area (Å²) < 4.78 is 19.0. The maximum Gasteiger partial charge on any atom is 0.337 e. The largest absolute Gasteiger partial charge is 0.464 e. The van der Waals surface area contributed by atoms with Gasteiger partial charge >= 0.3 is 5.97 Å². The van der Waals surface area contributed by atoms with Crippen LogP contribution in [0.15, 0.2) is 54.6 Å². The summed E-state index contributed by atoms with van der Waals surface area (Å²) in [7, 11) is 0. The molecule has 8 heteroatoms. The second kappa shape index (κ2) is 10.9. The zero-order valence-electron chi connectivity index (χ0n) is 17.9. The number of aliphatic hydroxyl groups is 1. The number of nitrogens with one attached hydrogen (secondary N) is 1. The molecule has 1 saturated heterocycles. The molecule has 3 unspecified atom stereocenters. The number of hydrogen-bond donors (Lipinski definition) is 2. The molecule has 1 aliphatic rings. The fourth-order valence-corrected chi connectivity index (χ4v) is 3.80. The molecule has 0 bridgehead atoms. The van der Waals surface area contributed by atoms with E-state index >= 15 is 0 Å². The van der Waals surface area contributed by atoms with Crippen LogP contribution in [0.2, 0.25) is 0 Å². The fraction of sp³-hybridized carbons (Fsp3) is 0.375. The second-order valence-corrected chi connectivity index (χ2v) is 7.67. The summed E-state index contributed by atoms with van der Waals surface area (Å²) in [5, 5.41) is 13.3. The number of nitrogens with zero attached hydrogens (tertiary/aromatic N) is 1. The van der Waals surface area contributed by atoms with Crippen LogP contribution in [-0.4, -0.2) is 52.6 Å². The number of hydrogen-bond acceptors (Lipinski definition) is 5. The number of amides is 2. The first kappa shape index (κ1) is 23.4. The molecule has 3 atom stereocenters. The smallest absolute Gasteiger partial charge is 0.337 e. The molecule has 7 nitrogen and oxygen atoms in total. The summed E-state index contributed by atoms with van der Waals surface area (Å²) >= 11 is 0. The van der Waals surface area contributed by atoms with Crippen molar-refractivity contribution in [3.05, 3.63) is 71.5 Å². The summed E-state index contributed by atoms with van der Waals surface area (Å²) in [4.78, 5) is 39.0. The van der Waals surface area contributed by atoms with Crippen LogP contribution in [0.1, 0.15) is 30.9 Å². The molecule has 0 radical (unpaired) electrons. The zero-order chi connectivity index (χ0) is 23.1. The van der Waals surface area contributed by atoms with E-state index < -0.39 is 35.9 Å². The van der Waals surface area contributed by atoms with Gasteiger partial charge in [0, 0.05) is 18.5 Å². The molecule has 2 aromatic carbocycles. The summed E-state index contributed by atoms with van der Waals surface area (Å²) in [6, 6.07) is 13.4. The van der Waals surface area contributed by atoms with Crippen LogP contribution in [0.3, 0.4) is 0 Å². The lowest BCUT2D eigenvalue weighted by atomic mass is 10.0. The van der Waals surface area contributed by atoms with Crippen LogP contribution in [0.4, 0.5) is 4.39 Å². The van der Waals surface area contributed by atoms with Crippen molar-refractivity contribution in [3.63, 3.8) is 0 Å². The van der Waals surface area contributed by atoms with E-state index in [-0.39, 0.29) is 38.3 Å². The summed E-state index contributed by atoms with van der Waals surface area (Å²) in [5.74, 6) is -2.04. The van der Waals surface area contributed by atoms with Gasteiger partial charge in [-0.15, -0.1) is 0 Å². The average Bonchev–Trinajstić information content (AvgIpc) is 3.15. The number of carbonyl (C=O) groups excluding carboxylic acids is 3. The van der Waals surface area contributed by atoms with Gasteiger partial charge in [0.1, 0.15) is 11.9 Å². The first-order chi connectivity index (χ1) is 15.4. The van der Waals surface area contributed by atoms with E-state index in [2.05, 4.69) is 5.32 Å². The molecular formula is C24H27FN2O5. The molecule has 2 aromatic rings. The molecule has 1 fully saturated rings. The number of likely N-dealkylation sites (tertiary alicyclic amines) is 1. The monoisotopic (exact) mass is 442 g/mol. The number of ether oxygens (including phenoxy) is 1. The third-order valence-electron chi connectivity index (χ3n) is 5.46. The molecule has 0 spiro atoms. The van der Waals surface area contributed by atoms with Crippen molar-refractivity contribution in [3.8, 4) is 0 Å². The maximum atomic E-state index is 14.1. The lowest BCUT2D eigenvalue weighted by Crippen LogP contribution is -2.54. The Morgan fingerprint density at radius 2 is 1.88 bits per heavy atom. The quantitative estimate of drug-likeness (QED) is 0.579. The fourth-order valence-electron chi connectivity index (χ4n) is 3.80. The minimum absolute atomic E-state index is 0.0343. The third-order valence-corrected chi connectivity index (χ3v) is 5.46. The molecule has 1 heterocycles. The zero-order valence-corrected chi connectivity index (χ0v) is 17.9. The predicted octanol–water partition coefficient (Wildman–Crippen LogP) is 1.97. The number of esters is 1.